The Balaban J connectivity index is 2.79. The van der Waals surface area contributed by atoms with Crippen LogP contribution >= 0.6 is 0 Å². The molecule has 0 radical (unpaired) electrons. The Kier molecular flexibility index (Phi) is 7.73. The van der Waals surface area contributed by atoms with Gasteiger partial charge in [0.25, 0.3) is 0 Å². The molecule has 0 saturated carbocycles. The molecule has 0 aliphatic rings. The molecule has 20 heavy (non-hydrogen) atoms. The van der Waals surface area contributed by atoms with Crippen molar-refractivity contribution in [2.75, 3.05) is 20.3 Å². The molecule has 0 fully saturated rings. The van der Waals surface area contributed by atoms with Crippen LogP contribution in [0, 0.1) is 0 Å². The maximum Gasteiger partial charge on any atom is 0.307 e. The predicted molar refractivity (Wildman–Crippen MR) is 79.9 cm³/mol. The first-order valence-corrected chi connectivity index (χ1v) is 7.24. The average molecular weight is 279 g/mol. The zero-order valence-electron chi connectivity index (χ0n) is 12.6. The lowest BCUT2D eigenvalue weighted by atomic mass is 10.0. The molecule has 0 spiro atoms. The highest BCUT2D eigenvalue weighted by atomic mass is 16.5. The number of hydrogen-bond acceptors (Lipinski definition) is 4. The number of nitrogens with one attached hydrogen (secondary N) is 1. The monoisotopic (exact) mass is 279 g/mol. The van der Waals surface area contributed by atoms with Gasteiger partial charge in [-0.15, -0.1) is 0 Å². The van der Waals surface area contributed by atoms with Crippen LogP contribution in [-0.2, 0) is 9.53 Å². The highest BCUT2D eigenvalue weighted by Crippen LogP contribution is 2.22. The lowest BCUT2D eigenvalue weighted by molar-refractivity contribution is -0.141. The van der Waals surface area contributed by atoms with E-state index in [0.29, 0.717) is 13.0 Å². The van der Waals surface area contributed by atoms with Crippen LogP contribution in [-0.4, -0.2) is 26.2 Å². The lowest BCUT2D eigenvalue weighted by Crippen LogP contribution is -2.25. The van der Waals surface area contributed by atoms with Crippen LogP contribution in [0.25, 0.3) is 0 Å². The molecule has 112 valence electrons. The SMILES string of the molecule is CCCNC(CC(=O)OC)c1cccc(OCCC)c1. The van der Waals surface area contributed by atoms with Crippen LogP contribution < -0.4 is 10.1 Å². The largest absolute Gasteiger partial charge is 0.494 e. The van der Waals surface area contributed by atoms with Gasteiger partial charge in [-0.2, -0.15) is 0 Å². The van der Waals surface area contributed by atoms with E-state index in [-0.39, 0.29) is 12.0 Å². The smallest absolute Gasteiger partial charge is 0.307 e. The molecule has 0 bridgehead atoms. The third-order valence-electron chi connectivity index (χ3n) is 2.97. The minimum atomic E-state index is -0.210. The van der Waals surface area contributed by atoms with E-state index < -0.39 is 0 Å². The van der Waals surface area contributed by atoms with Gasteiger partial charge in [-0.1, -0.05) is 26.0 Å². The van der Waals surface area contributed by atoms with Gasteiger partial charge in [0.05, 0.1) is 20.1 Å². The summed E-state index contributed by atoms with van der Waals surface area (Å²) in [6.07, 6.45) is 2.32. The van der Waals surface area contributed by atoms with Crippen LogP contribution in [0.5, 0.6) is 5.75 Å². The summed E-state index contributed by atoms with van der Waals surface area (Å²) in [5.41, 5.74) is 1.05. The standard InChI is InChI=1S/C16H25NO3/c1-4-9-17-15(12-16(18)19-3)13-7-6-8-14(11-13)20-10-5-2/h6-8,11,15,17H,4-5,9-10,12H2,1-3H3. The molecule has 1 atom stereocenters. The van der Waals surface area contributed by atoms with Crippen molar-refractivity contribution in [1.29, 1.82) is 0 Å². The first-order chi connectivity index (χ1) is 9.71. The summed E-state index contributed by atoms with van der Waals surface area (Å²) in [5, 5.41) is 3.38. The Bertz CT molecular complexity index is 406. The second-order valence-corrected chi connectivity index (χ2v) is 4.71. The molecule has 0 aliphatic heterocycles. The number of carbonyl (C=O) groups excluding carboxylic acids is 1. The van der Waals surface area contributed by atoms with Gasteiger partial charge < -0.3 is 14.8 Å². The van der Waals surface area contributed by atoms with Crippen LogP contribution in [0.1, 0.15) is 44.7 Å². The van der Waals surface area contributed by atoms with Gasteiger partial charge >= 0.3 is 5.97 Å². The second-order valence-electron chi connectivity index (χ2n) is 4.71. The maximum absolute atomic E-state index is 11.5. The highest BCUT2D eigenvalue weighted by Gasteiger charge is 2.16. The van der Waals surface area contributed by atoms with Crippen molar-refractivity contribution in [1.82, 2.24) is 5.32 Å². The van der Waals surface area contributed by atoms with Gasteiger partial charge in [-0.05, 0) is 37.1 Å². The Morgan fingerprint density at radius 1 is 1.30 bits per heavy atom. The third kappa shape index (κ3) is 5.61. The molecule has 1 aromatic rings. The van der Waals surface area contributed by atoms with Gasteiger partial charge in [0, 0.05) is 6.04 Å². The zero-order valence-corrected chi connectivity index (χ0v) is 12.6. The van der Waals surface area contributed by atoms with Crippen LogP contribution in [0.2, 0.25) is 0 Å². The molecule has 0 saturated heterocycles. The molecule has 0 amide bonds. The summed E-state index contributed by atoms with van der Waals surface area (Å²) in [6.45, 7) is 5.74. The number of hydrogen-bond donors (Lipinski definition) is 1. The second kappa shape index (κ2) is 9.37. The zero-order chi connectivity index (χ0) is 14.8. The van der Waals surface area contributed by atoms with Crippen molar-refractivity contribution < 1.29 is 14.3 Å². The number of methoxy groups -OCH3 is 1. The van der Waals surface area contributed by atoms with E-state index in [2.05, 4.69) is 19.2 Å². The van der Waals surface area contributed by atoms with Crippen molar-refractivity contribution in [2.45, 2.75) is 39.2 Å². The van der Waals surface area contributed by atoms with E-state index in [1.54, 1.807) is 0 Å². The lowest BCUT2D eigenvalue weighted by Gasteiger charge is -2.18. The predicted octanol–water partition coefficient (Wildman–Crippen LogP) is 3.08. The molecule has 1 N–H and O–H groups in total. The maximum atomic E-state index is 11.5. The van der Waals surface area contributed by atoms with Gasteiger partial charge in [0.15, 0.2) is 0 Å². The average Bonchev–Trinajstić information content (AvgIpc) is 2.49. The molecule has 0 aromatic heterocycles. The molecular formula is C16H25NO3. The summed E-state index contributed by atoms with van der Waals surface area (Å²) in [4.78, 5) is 11.5. The Hall–Kier alpha value is -1.55. The number of rotatable bonds is 9. The molecule has 1 aromatic carbocycles. The minimum Gasteiger partial charge on any atom is -0.494 e. The van der Waals surface area contributed by atoms with Crippen molar-refractivity contribution in [2.24, 2.45) is 0 Å². The number of carbonyl (C=O) groups is 1. The fourth-order valence-electron chi connectivity index (χ4n) is 1.92. The van der Waals surface area contributed by atoms with E-state index in [4.69, 9.17) is 9.47 Å². The van der Waals surface area contributed by atoms with Crippen molar-refractivity contribution in [3.05, 3.63) is 29.8 Å². The Morgan fingerprint density at radius 3 is 2.75 bits per heavy atom. The fraction of sp³-hybridized carbons (Fsp3) is 0.562. The topological polar surface area (TPSA) is 47.6 Å². The Morgan fingerprint density at radius 2 is 2.10 bits per heavy atom. The molecule has 1 rings (SSSR count). The fourth-order valence-corrected chi connectivity index (χ4v) is 1.92. The molecule has 4 nitrogen and oxygen atoms in total. The molecule has 4 heteroatoms. The van der Waals surface area contributed by atoms with Gasteiger partial charge in [0.2, 0.25) is 0 Å². The minimum absolute atomic E-state index is 0.0347. The summed E-state index contributed by atoms with van der Waals surface area (Å²) in [7, 11) is 1.42. The highest BCUT2D eigenvalue weighted by molar-refractivity contribution is 5.70. The van der Waals surface area contributed by atoms with Crippen LogP contribution in [0.3, 0.4) is 0 Å². The number of benzene rings is 1. The van der Waals surface area contributed by atoms with Crippen molar-refractivity contribution in [3.63, 3.8) is 0 Å². The molecule has 0 aliphatic carbocycles. The van der Waals surface area contributed by atoms with Crippen molar-refractivity contribution in [3.8, 4) is 5.75 Å². The van der Waals surface area contributed by atoms with Gasteiger partial charge in [-0.25, -0.2) is 0 Å². The van der Waals surface area contributed by atoms with E-state index in [0.717, 1.165) is 30.7 Å². The molecule has 1 unspecified atom stereocenters. The summed E-state index contributed by atoms with van der Waals surface area (Å²) in [5.74, 6) is 0.635. The molecule has 0 heterocycles. The normalized spacial score (nSPS) is 11.9. The first-order valence-electron chi connectivity index (χ1n) is 7.24. The quantitative estimate of drug-likeness (QED) is 0.706. The summed E-state index contributed by atoms with van der Waals surface area (Å²) >= 11 is 0. The van der Waals surface area contributed by atoms with E-state index in [9.17, 15) is 4.79 Å². The first kappa shape index (κ1) is 16.5. The van der Waals surface area contributed by atoms with E-state index in [1.165, 1.54) is 7.11 Å². The summed E-state index contributed by atoms with van der Waals surface area (Å²) in [6, 6.07) is 7.86. The number of ether oxygens (including phenoxy) is 2. The number of esters is 1. The van der Waals surface area contributed by atoms with E-state index >= 15 is 0 Å². The van der Waals surface area contributed by atoms with Gasteiger partial charge in [-0.3, -0.25) is 4.79 Å². The Labute approximate surface area is 121 Å². The van der Waals surface area contributed by atoms with Crippen LogP contribution in [0.4, 0.5) is 0 Å². The van der Waals surface area contributed by atoms with Crippen molar-refractivity contribution >= 4 is 5.97 Å². The van der Waals surface area contributed by atoms with E-state index in [1.807, 2.05) is 24.3 Å². The third-order valence-corrected chi connectivity index (χ3v) is 2.97. The van der Waals surface area contributed by atoms with Gasteiger partial charge in [0.1, 0.15) is 5.75 Å². The van der Waals surface area contributed by atoms with Crippen LogP contribution in [0.15, 0.2) is 24.3 Å². The summed E-state index contributed by atoms with van der Waals surface area (Å²) < 4.78 is 10.4. The molecular weight excluding hydrogens is 254 g/mol.